The number of benzene rings is 1. The Morgan fingerprint density at radius 3 is 2.45 bits per heavy atom. The first kappa shape index (κ1) is 16.3. The fraction of sp³-hybridized carbons (Fsp3) is 0.400. The molecular formula is C15H18F2O3. The molecule has 1 rings (SSSR count). The van der Waals surface area contributed by atoms with Crippen molar-refractivity contribution in [3.63, 3.8) is 0 Å². The summed E-state index contributed by atoms with van der Waals surface area (Å²) in [5.41, 5.74) is -2.15. The lowest BCUT2D eigenvalue weighted by atomic mass is 9.87. The van der Waals surface area contributed by atoms with Crippen molar-refractivity contribution in [2.45, 2.75) is 32.0 Å². The molecule has 0 fully saturated rings. The lowest BCUT2D eigenvalue weighted by molar-refractivity contribution is -0.166. The Kier molecular flexibility index (Phi) is 5.39. The van der Waals surface area contributed by atoms with E-state index in [1.54, 1.807) is 13.8 Å². The molecule has 0 bridgehead atoms. The Bertz CT molecular complexity index is 484. The lowest BCUT2D eigenvalue weighted by Gasteiger charge is -2.28. The van der Waals surface area contributed by atoms with Crippen LogP contribution in [0.15, 0.2) is 36.4 Å². The average molecular weight is 284 g/mol. The first-order chi connectivity index (χ1) is 9.31. The van der Waals surface area contributed by atoms with Crippen molar-refractivity contribution in [1.29, 1.82) is 0 Å². The lowest BCUT2D eigenvalue weighted by Crippen LogP contribution is -2.42. The van der Waals surface area contributed by atoms with E-state index in [4.69, 9.17) is 0 Å². The third kappa shape index (κ3) is 3.63. The molecule has 0 aliphatic heterocycles. The zero-order chi connectivity index (χ0) is 15.3. The Morgan fingerprint density at radius 2 is 2.00 bits per heavy atom. The van der Waals surface area contributed by atoms with Crippen LogP contribution in [0.25, 0.3) is 0 Å². The van der Waals surface area contributed by atoms with Crippen LogP contribution in [-0.4, -0.2) is 23.4 Å². The number of halogens is 2. The van der Waals surface area contributed by atoms with Crippen molar-refractivity contribution in [2.24, 2.45) is 0 Å². The molecule has 1 aromatic carbocycles. The molecule has 0 heterocycles. The van der Waals surface area contributed by atoms with Crippen molar-refractivity contribution in [1.82, 2.24) is 0 Å². The summed E-state index contributed by atoms with van der Waals surface area (Å²) in [5, 5.41) is 10.1. The van der Waals surface area contributed by atoms with Gasteiger partial charge in [-0.25, -0.2) is 13.6 Å². The van der Waals surface area contributed by atoms with Gasteiger partial charge in [0, 0.05) is 6.42 Å². The monoisotopic (exact) mass is 284 g/mol. The zero-order valence-electron chi connectivity index (χ0n) is 11.5. The number of alkyl halides is 1. The van der Waals surface area contributed by atoms with Gasteiger partial charge in [0.05, 0.1) is 6.61 Å². The van der Waals surface area contributed by atoms with Gasteiger partial charge in [0.25, 0.3) is 0 Å². The summed E-state index contributed by atoms with van der Waals surface area (Å²) in [6.45, 7) is 6.64. The second kappa shape index (κ2) is 6.61. The Hall–Kier alpha value is -1.75. The summed E-state index contributed by atoms with van der Waals surface area (Å²) >= 11 is 0. The molecule has 0 saturated carbocycles. The minimum absolute atomic E-state index is 0.00314. The summed E-state index contributed by atoms with van der Waals surface area (Å²) in [5.74, 6) is -1.67. The maximum absolute atomic E-state index is 14.9. The Balaban J connectivity index is 3.12. The van der Waals surface area contributed by atoms with Gasteiger partial charge < -0.3 is 9.84 Å². The minimum Gasteiger partial charge on any atom is -0.464 e. The van der Waals surface area contributed by atoms with E-state index in [0.29, 0.717) is 5.57 Å². The largest absolute Gasteiger partial charge is 0.464 e. The van der Waals surface area contributed by atoms with Crippen molar-refractivity contribution in [2.75, 3.05) is 6.61 Å². The number of carbonyl (C=O) groups is 1. The quantitative estimate of drug-likeness (QED) is 0.645. The molecule has 1 N–H and O–H groups in total. The number of carbonyl (C=O) groups excluding carboxylic acids is 1. The SMILES string of the molecule is C=C(C)C[C@@](F)(C(=O)OCC)[C@@H](O)c1ccc(F)cc1. The highest BCUT2D eigenvalue weighted by Gasteiger charge is 2.48. The smallest absolute Gasteiger partial charge is 0.347 e. The summed E-state index contributed by atoms with van der Waals surface area (Å²) in [6.07, 6.45) is -2.12. The standard InChI is InChI=1S/C15H18F2O3/c1-4-20-14(19)15(17,9-10(2)3)13(18)11-5-7-12(16)8-6-11/h5-8,13,18H,2,4,9H2,1,3H3/t13-,15-/m0/s1. The van der Waals surface area contributed by atoms with Crippen LogP contribution in [-0.2, 0) is 9.53 Å². The van der Waals surface area contributed by atoms with E-state index in [-0.39, 0.29) is 18.6 Å². The first-order valence-electron chi connectivity index (χ1n) is 6.25. The molecule has 2 atom stereocenters. The predicted octanol–water partition coefficient (Wildman–Crippen LogP) is 3.10. The average Bonchev–Trinajstić information content (AvgIpc) is 2.38. The van der Waals surface area contributed by atoms with Gasteiger partial charge in [-0.15, -0.1) is 6.58 Å². The summed E-state index contributed by atoms with van der Waals surface area (Å²) in [7, 11) is 0. The molecule has 0 unspecified atom stereocenters. The molecule has 0 aliphatic rings. The van der Waals surface area contributed by atoms with Gasteiger partial charge in [-0.2, -0.15) is 0 Å². The number of rotatable bonds is 6. The first-order valence-corrected chi connectivity index (χ1v) is 6.25. The van der Waals surface area contributed by atoms with Crippen molar-refractivity contribution < 1.29 is 23.4 Å². The molecule has 20 heavy (non-hydrogen) atoms. The van der Waals surface area contributed by atoms with Crippen LogP contribution in [0.2, 0.25) is 0 Å². The van der Waals surface area contributed by atoms with E-state index in [1.165, 1.54) is 12.1 Å². The van der Waals surface area contributed by atoms with Gasteiger partial charge in [0.1, 0.15) is 11.9 Å². The molecule has 0 saturated heterocycles. The molecule has 3 nitrogen and oxygen atoms in total. The van der Waals surface area contributed by atoms with Crippen LogP contribution >= 0.6 is 0 Å². The maximum atomic E-state index is 14.9. The molecule has 0 amide bonds. The molecule has 110 valence electrons. The van der Waals surface area contributed by atoms with Gasteiger partial charge >= 0.3 is 5.97 Å². The van der Waals surface area contributed by atoms with Crippen molar-refractivity contribution >= 4 is 5.97 Å². The second-order valence-corrected chi connectivity index (χ2v) is 4.67. The van der Waals surface area contributed by atoms with Gasteiger partial charge in [0.15, 0.2) is 0 Å². The molecule has 0 spiro atoms. The third-order valence-electron chi connectivity index (χ3n) is 2.79. The topological polar surface area (TPSA) is 46.5 Å². The molecule has 1 aromatic rings. The molecule has 5 heteroatoms. The van der Waals surface area contributed by atoms with E-state index in [2.05, 4.69) is 11.3 Å². The summed E-state index contributed by atoms with van der Waals surface area (Å²) in [6, 6.07) is 4.63. The number of allylic oxidation sites excluding steroid dienone is 1. The van der Waals surface area contributed by atoms with E-state index in [0.717, 1.165) is 12.1 Å². The second-order valence-electron chi connectivity index (χ2n) is 4.67. The van der Waals surface area contributed by atoms with Crippen LogP contribution in [0.3, 0.4) is 0 Å². The maximum Gasteiger partial charge on any atom is 0.347 e. The number of hydrogen-bond donors (Lipinski definition) is 1. The number of hydrogen-bond acceptors (Lipinski definition) is 3. The Morgan fingerprint density at radius 1 is 1.45 bits per heavy atom. The third-order valence-corrected chi connectivity index (χ3v) is 2.79. The number of aliphatic hydroxyl groups is 1. The van der Waals surface area contributed by atoms with E-state index >= 15 is 0 Å². The van der Waals surface area contributed by atoms with Gasteiger partial charge in [0.2, 0.25) is 5.67 Å². The number of ether oxygens (including phenoxy) is 1. The summed E-state index contributed by atoms with van der Waals surface area (Å²) < 4.78 is 32.5. The van der Waals surface area contributed by atoms with E-state index in [9.17, 15) is 18.7 Å². The Labute approximate surface area is 116 Å². The fourth-order valence-electron chi connectivity index (χ4n) is 1.88. The fourth-order valence-corrected chi connectivity index (χ4v) is 1.88. The molecule has 0 aliphatic carbocycles. The summed E-state index contributed by atoms with van der Waals surface area (Å²) in [4.78, 5) is 11.8. The van der Waals surface area contributed by atoms with E-state index < -0.39 is 23.6 Å². The minimum atomic E-state index is -2.64. The van der Waals surface area contributed by atoms with Gasteiger partial charge in [-0.05, 0) is 31.5 Å². The molecule has 0 radical (unpaired) electrons. The van der Waals surface area contributed by atoms with Crippen molar-refractivity contribution in [3.05, 3.63) is 47.8 Å². The molecule has 0 aromatic heterocycles. The normalized spacial score (nSPS) is 15.2. The van der Waals surface area contributed by atoms with Crippen LogP contribution in [0.1, 0.15) is 31.9 Å². The highest BCUT2D eigenvalue weighted by Crippen LogP contribution is 2.36. The van der Waals surface area contributed by atoms with Crippen LogP contribution in [0, 0.1) is 5.82 Å². The number of aliphatic hydroxyl groups excluding tert-OH is 1. The van der Waals surface area contributed by atoms with Crippen molar-refractivity contribution in [3.8, 4) is 0 Å². The van der Waals surface area contributed by atoms with Crippen LogP contribution in [0.5, 0.6) is 0 Å². The van der Waals surface area contributed by atoms with Gasteiger partial charge in [-0.1, -0.05) is 17.7 Å². The predicted molar refractivity (Wildman–Crippen MR) is 71.3 cm³/mol. The highest BCUT2D eigenvalue weighted by atomic mass is 19.1. The highest BCUT2D eigenvalue weighted by molar-refractivity contribution is 5.81. The number of esters is 1. The molecular weight excluding hydrogens is 266 g/mol. The van der Waals surface area contributed by atoms with Crippen LogP contribution < -0.4 is 0 Å². The van der Waals surface area contributed by atoms with Gasteiger partial charge in [-0.3, -0.25) is 0 Å². The van der Waals surface area contributed by atoms with E-state index in [1.807, 2.05) is 0 Å². The zero-order valence-corrected chi connectivity index (χ0v) is 11.5. The van der Waals surface area contributed by atoms with Crippen LogP contribution in [0.4, 0.5) is 8.78 Å².